The minimum Gasteiger partial charge on any atom is -0.301 e. The fourth-order valence-electron chi connectivity index (χ4n) is 5.75. The molecule has 3 aliphatic rings. The van der Waals surface area contributed by atoms with Crippen LogP contribution in [0.1, 0.15) is 35.4 Å². The quantitative estimate of drug-likeness (QED) is 0.363. The van der Waals surface area contributed by atoms with Gasteiger partial charge in [0.25, 0.3) is 0 Å². The number of anilines is 4. The van der Waals surface area contributed by atoms with E-state index in [9.17, 15) is 0 Å². The molecule has 0 N–H and O–H groups in total. The Hall–Kier alpha value is -3.66. The van der Waals surface area contributed by atoms with Crippen molar-refractivity contribution < 1.29 is 0 Å². The Kier molecular flexibility index (Phi) is 4.10. The van der Waals surface area contributed by atoms with Gasteiger partial charge in [-0.05, 0) is 73.1 Å². The third-order valence-corrected chi connectivity index (χ3v) is 7.38. The molecule has 0 saturated heterocycles. The van der Waals surface area contributed by atoms with Gasteiger partial charge in [0.2, 0.25) is 0 Å². The Morgan fingerprint density at radius 1 is 0.758 bits per heavy atom. The van der Waals surface area contributed by atoms with Crippen LogP contribution in [0.4, 0.5) is 23.0 Å². The summed E-state index contributed by atoms with van der Waals surface area (Å²) in [4.78, 5) is 15.3. The van der Waals surface area contributed by atoms with E-state index in [0.717, 1.165) is 30.9 Å². The molecule has 1 aliphatic carbocycles. The molecule has 162 valence electrons. The summed E-state index contributed by atoms with van der Waals surface area (Å²) >= 11 is 0. The van der Waals surface area contributed by atoms with Gasteiger partial charge in [0, 0.05) is 17.8 Å². The van der Waals surface area contributed by atoms with Gasteiger partial charge in [-0.3, -0.25) is 0 Å². The van der Waals surface area contributed by atoms with E-state index in [1.165, 1.54) is 57.9 Å². The van der Waals surface area contributed by atoms with Gasteiger partial charge in [0.1, 0.15) is 6.17 Å². The van der Waals surface area contributed by atoms with Crippen LogP contribution in [0.5, 0.6) is 0 Å². The highest BCUT2D eigenvalue weighted by Crippen LogP contribution is 2.52. The summed E-state index contributed by atoms with van der Waals surface area (Å²) in [5.41, 5.74) is 10.1. The first-order valence-corrected chi connectivity index (χ1v) is 12.0. The molecule has 33 heavy (non-hydrogen) atoms. The fraction of sp³-hybridized carbons (Fsp3) is 0.241. The summed E-state index contributed by atoms with van der Waals surface area (Å²) in [5.74, 6) is 2.03. The minimum atomic E-state index is 0.174. The standard InChI is InChI=1S/C29H26N4/c1-19-9-5-6-12-23(19)20-15-16-21-18-27-32(22-10-3-2-4-11-22)28-29(33(27)26(21)17-20)31-25-14-8-7-13-24(25)30-28/h2-6,9-12,15-17,27H,7-8,13-14,18H2,1H3. The van der Waals surface area contributed by atoms with Crippen LogP contribution in [0, 0.1) is 6.92 Å². The average Bonchev–Trinajstić information content (AvgIpc) is 3.37. The largest absolute Gasteiger partial charge is 0.301 e. The molecule has 0 bridgehead atoms. The van der Waals surface area contributed by atoms with Crippen molar-refractivity contribution in [3.05, 3.63) is 95.3 Å². The normalized spacial score (nSPS) is 18.0. The van der Waals surface area contributed by atoms with Crippen LogP contribution in [0.25, 0.3) is 11.1 Å². The molecule has 7 rings (SSSR count). The number of hydrogen-bond acceptors (Lipinski definition) is 4. The zero-order valence-corrected chi connectivity index (χ0v) is 18.8. The molecule has 4 nitrogen and oxygen atoms in total. The van der Waals surface area contributed by atoms with Gasteiger partial charge < -0.3 is 9.80 Å². The lowest BCUT2D eigenvalue weighted by molar-refractivity contribution is 0.651. The molecule has 0 fully saturated rings. The second kappa shape index (κ2) is 7.17. The van der Waals surface area contributed by atoms with Crippen molar-refractivity contribution in [2.45, 2.75) is 45.2 Å². The molecule has 3 aromatic carbocycles. The number of fused-ring (bicyclic) bond motifs is 6. The summed E-state index contributed by atoms with van der Waals surface area (Å²) in [7, 11) is 0. The zero-order chi connectivity index (χ0) is 21.9. The van der Waals surface area contributed by atoms with Crippen molar-refractivity contribution in [3.8, 4) is 11.1 Å². The van der Waals surface area contributed by atoms with E-state index < -0.39 is 0 Å². The van der Waals surface area contributed by atoms with Crippen LogP contribution >= 0.6 is 0 Å². The van der Waals surface area contributed by atoms with Crippen molar-refractivity contribution in [2.75, 3.05) is 9.80 Å². The second-order valence-corrected chi connectivity index (χ2v) is 9.39. The number of hydrogen-bond donors (Lipinski definition) is 0. The van der Waals surface area contributed by atoms with Crippen LogP contribution in [0.3, 0.4) is 0 Å². The lowest BCUT2D eigenvalue weighted by Crippen LogP contribution is -2.36. The first-order valence-electron chi connectivity index (χ1n) is 12.0. The number of benzene rings is 3. The Morgan fingerprint density at radius 3 is 2.21 bits per heavy atom. The summed E-state index contributed by atoms with van der Waals surface area (Å²) in [6.07, 6.45) is 5.63. The summed E-state index contributed by atoms with van der Waals surface area (Å²) in [5, 5.41) is 0. The zero-order valence-electron chi connectivity index (χ0n) is 18.8. The molecular weight excluding hydrogens is 404 g/mol. The van der Waals surface area contributed by atoms with Gasteiger partial charge in [-0.2, -0.15) is 0 Å². The highest BCUT2D eigenvalue weighted by Gasteiger charge is 2.45. The highest BCUT2D eigenvalue weighted by molar-refractivity contribution is 5.88. The van der Waals surface area contributed by atoms with E-state index in [4.69, 9.17) is 9.97 Å². The molecule has 0 saturated carbocycles. The Bertz CT molecular complexity index is 1380. The predicted molar refractivity (Wildman–Crippen MR) is 134 cm³/mol. The van der Waals surface area contributed by atoms with Crippen LogP contribution in [-0.4, -0.2) is 16.1 Å². The molecule has 0 spiro atoms. The third kappa shape index (κ3) is 2.83. The highest BCUT2D eigenvalue weighted by atomic mass is 15.5. The van der Waals surface area contributed by atoms with Crippen molar-refractivity contribution in [3.63, 3.8) is 0 Å². The lowest BCUT2D eigenvalue weighted by Gasteiger charge is -2.26. The smallest absolute Gasteiger partial charge is 0.178 e. The summed E-state index contributed by atoms with van der Waals surface area (Å²) in [6, 6.07) is 26.3. The molecule has 0 amide bonds. The van der Waals surface area contributed by atoms with Gasteiger partial charge in [-0.15, -0.1) is 0 Å². The number of rotatable bonds is 2. The van der Waals surface area contributed by atoms with Crippen LogP contribution in [0.2, 0.25) is 0 Å². The maximum absolute atomic E-state index is 5.25. The lowest BCUT2D eigenvalue weighted by atomic mass is 9.98. The number of para-hydroxylation sites is 1. The van der Waals surface area contributed by atoms with E-state index in [0.29, 0.717) is 0 Å². The fourth-order valence-corrected chi connectivity index (χ4v) is 5.75. The Labute approximate surface area is 194 Å². The molecule has 1 atom stereocenters. The third-order valence-electron chi connectivity index (χ3n) is 7.38. The number of aryl methyl sites for hydroxylation is 3. The number of aromatic nitrogens is 2. The summed E-state index contributed by atoms with van der Waals surface area (Å²) < 4.78 is 0. The summed E-state index contributed by atoms with van der Waals surface area (Å²) in [6.45, 7) is 2.19. The Balaban J connectivity index is 1.41. The van der Waals surface area contributed by atoms with Crippen molar-refractivity contribution in [2.24, 2.45) is 0 Å². The van der Waals surface area contributed by atoms with Gasteiger partial charge in [-0.25, -0.2) is 9.97 Å². The van der Waals surface area contributed by atoms with E-state index in [1.807, 2.05) is 0 Å². The Morgan fingerprint density at radius 2 is 1.45 bits per heavy atom. The van der Waals surface area contributed by atoms with Gasteiger partial charge in [-0.1, -0.05) is 54.6 Å². The van der Waals surface area contributed by atoms with Crippen LogP contribution in [-0.2, 0) is 19.3 Å². The molecule has 1 unspecified atom stereocenters. The molecule has 4 aromatic rings. The predicted octanol–water partition coefficient (Wildman–Crippen LogP) is 6.50. The van der Waals surface area contributed by atoms with Crippen molar-refractivity contribution in [1.29, 1.82) is 0 Å². The molecule has 4 heteroatoms. The minimum absolute atomic E-state index is 0.174. The van der Waals surface area contributed by atoms with Crippen LogP contribution in [0.15, 0.2) is 72.8 Å². The molecule has 2 aliphatic heterocycles. The van der Waals surface area contributed by atoms with E-state index in [-0.39, 0.29) is 6.17 Å². The van der Waals surface area contributed by atoms with E-state index in [1.54, 1.807) is 0 Å². The maximum atomic E-state index is 5.25. The SMILES string of the molecule is Cc1ccccc1-c1ccc2c(c1)N1c3nc4c(nc3N(c3ccccc3)C1C2)CCCC4. The van der Waals surface area contributed by atoms with Gasteiger partial charge in [0.15, 0.2) is 11.6 Å². The van der Waals surface area contributed by atoms with Crippen molar-refractivity contribution in [1.82, 2.24) is 9.97 Å². The van der Waals surface area contributed by atoms with Gasteiger partial charge >= 0.3 is 0 Å². The molecule has 1 aromatic heterocycles. The van der Waals surface area contributed by atoms with Crippen LogP contribution < -0.4 is 9.80 Å². The molecule has 0 radical (unpaired) electrons. The average molecular weight is 431 g/mol. The maximum Gasteiger partial charge on any atom is 0.178 e. The second-order valence-electron chi connectivity index (χ2n) is 9.39. The first-order chi connectivity index (χ1) is 16.3. The molecule has 3 heterocycles. The van der Waals surface area contributed by atoms with Gasteiger partial charge in [0.05, 0.1) is 11.4 Å². The van der Waals surface area contributed by atoms with Crippen molar-refractivity contribution >= 4 is 23.0 Å². The van der Waals surface area contributed by atoms with E-state index >= 15 is 0 Å². The topological polar surface area (TPSA) is 32.3 Å². The number of nitrogens with zero attached hydrogens (tertiary/aromatic N) is 4. The van der Waals surface area contributed by atoms with E-state index in [2.05, 4.69) is 89.5 Å². The monoisotopic (exact) mass is 430 g/mol. The first kappa shape index (κ1) is 18.9. The molecular formula is C29H26N4.